The average molecular weight is 258 g/mol. The molecular weight excluding hydrogens is 246 g/mol. The number of aryl methyl sites for hydroxylation is 1. The SMILES string of the molecule is Cc1cc(F)c(NC(=O)N[C@@H](C)C(=O)O)cc1F. The monoisotopic (exact) mass is 258 g/mol. The lowest BCUT2D eigenvalue weighted by atomic mass is 10.2. The van der Waals surface area contributed by atoms with E-state index < -0.39 is 29.7 Å². The van der Waals surface area contributed by atoms with Gasteiger partial charge in [0.05, 0.1) is 5.69 Å². The van der Waals surface area contributed by atoms with Crippen molar-refractivity contribution in [2.75, 3.05) is 5.32 Å². The van der Waals surface area contributed by atoms with Gasteiger partial charge in [0.1, 0.15) is 17.7 Å². The topological polar surface area (TPSA) is 78.4 Å². The highest BCUT2D eigenvalue weighted by atomic mass is 19.1. The van der Waals surface area contributed by atoms with Crippen LogP contribution in [0.2, 0.25) is 0 Å². The highest BCUT2D eigenvalue weighted by Crippen LogP contribution is 2.18. The number of carbonyl (C=O) groups excluding carboxylic acids is 1. The molecule has 0 aromatic heterocycles. The zero-order valence-corrected chi connectivity index (χ0v) is 9.75. The van der Waals surface area contributed by atoms with E-state index in [1.54, 1.807) is 0 Å². The van der Waals surface area contributed by atoms with Gasteiger partial charge in [-0.3, -0.25) is 4.79 Å². The molecule has 1 rings (SSSR count). The second-order valence-electron chi connectivity index (χ2n) is 3.74. The quantitative estimate of drug-likeness (QED) is 0.774. The summed E-state index contributed by atoms with van der Waals surface area (Å²) in [7, 11) is 0. The first-order chi connectivity index (χ1) is 8.31. The number of urea groups is 1. The van der Waals surface area contributed by atoms with Crippen LogP contribution in [0.1, 0.15) is 12.5 Å². The van der Waals surface area contributed by atoms with Crippen molar-refractivity contribution in [3.8, 4) is 0 Å². The minimum absolute atomic E-state index is 0.109. The Morgan fingerprint density at radius 1 is 1.28 bits per heavy atom. The number of carboxylic acid groups (broad SMARTS) is 1. The van der Waals surface area contributed by atoms with E-state index in [2.05, 4.69) is 5.32 Å². The first-order valence-corrected chi connectivity index (χ1v) is 5.07. The third-order valence-electron chi connectivity index (χ3n) is 2.21. The van der Waals surface area contributed by atoms with Gasteiger partial charge in [0.15, 0.2) is 0 Å². The number of carboxylic acids is 1. The van der Waals surface area contributed by atoms with Crippen molar-refractivity contribution in [1.29, 1.82) is 0 Å². The average Bonchev–Trinajstić information content (AvgIpc) is 2.25. The van der Waals surface area contributed by atoms with Crippen molar-refractivity contribution in [2.24, 2.45) is 0 Å². The molecule has 0 saturated heterocycles. The second kappa shape index (κ2) is 5.44. The molecule has 2 amide bonds. The van der Waals surface area contributed by atoms with E-state index in [0.29, 0.717) is 0 Å². The maximum Gasteiger partial charge on any atom is 0.325 e. The lowest BCUT2D eigenvalue weighted by molar-refractivity contribution is -0.138. The molecule has 0 unspecified atom stereocenters. The van der Waals surface area contributed by atoms with Crippen LogP contribution in [0, 0.1) is 18.6 Å². The predicted molar refractivity (Wildman–Crippen MR) is 60.3 cm³/mol. The van der Waals surface area contributed by atoms with Gasteiger partial charge in [-0.15, -0.1) is 0 Å². The molecule has 98 valence electrons. The van der Waals surface area contributed by atoms with Crippen molar-refractivity contribution < 1.29 is 23.5 Å². The largest absolute Gasteiger partial charge is 0.480 e. The number of halogens is 2. The summed E-state index contributed by atoms with van der Waals surface area (Å²) in [6.45, 7) is 2.63. The van der Waals surface area contributed by atoms with Crippen molar-refractivity contribution in [2.45, 2.75) is 19.9 Å². The van der Waals surface area contributed by atoms with Gasteiger partial charge in [0, 0.05) is 6.07 Å². The summed E-state index contributed by atoms with van der Waals surface area (Å²) in [5.41, 5.74) is -0.245. The molecule has 1 atom stereocenters. The Kier molecular flexibility index (Phi) is 4.19. The zero-order chi connectivity index (χ0) is 13.9. The predicted octanol–water partition coefficient (Wildman–Crippen LogP) is 1.87. The van der Waals surface area contributed by atoms with Gasteiger partial charge in [-0.05, 0) is 25.5 Å². The molecule has 5 nitrogen and oxygen atoms in total. The fourth-order valence-electron chi connectivity index (χ4n) is 1.16. The van der Waals surface area contributed by atoms with Crippen molar-refractivity contribution in [1.82, 2.24) is 5.32 Å². The van der Waals surface area contributed by atoms with E-state index in [1.165, 1.54) is 13.8 Å². The Balaban J connectivity index is 2.76. The standard InChI is InChI=1S/C11H12F2N2O3/c1-5-3-8(13)9(4-7(5)12)15-11(18)14-6(2)10(16)17/h3-4,6H,1-2H3,(H,16,17)(H2,14,15,18)/t6-/m0/s1. The summed E-state index contributed by atoms with van der Waals surface area (Å²) < 4.78 is 26.5. The number of hydrogen-bond donors (Lipinski definition) is 3. The zero-order valence-electron chi connectivity index (χ0n) is 9.75. The summed E-state index contributed by atoms with van der Waals surface area (Å²) in [6.07, 6.45) is 0. The van der Waals surface area contributed by atoms with Crippen LogP contribution >= 0.6 is 0 Å². The van der Waals surface area contributed by atoms with E-state index in [1.807, 2.05) is 5.32 Å². The van der Waals surface area contributed by atoms with Crippen molar-refractivity contribution >= 4 is 17.7 Å². The van der Waals surface area contributed by atoms with Gasteiger partial charge in [0.25, 0.3) is 0 Å². The minimum atomic E-state index is -1.24. The van der Waals surface area contributed by atoms with E-state index in [4.69, 9.17) is 5.11 Å². The number of benzene rings is 1. The van der Waals surface area contributed by atoms with Gasteiger partial charge in [-0.1, -0.05) is 0 Å². The lowest BCUT2D eigenvalue weighted by Crippen LogP contribution is -2.41. The third kappa shape index (κ3) is 3.41. The lowest BCUT2D eigenvalue weighted by Gasteiger charge is -2.11. The Morgan fingerprint density at radius 3 is 2.44 bits per heavy atom. The number of anilines is 1. The number of nitrogens with one attached hydrogen (secondary N) is 2. The second-order valence-corrected chi connectivity index (χ2v) is 3.74. The Labute approximate surface area is 102 Å². The summed E-state index contributed by atoms with van der Waals surface area (Å²) in [5, 5.41) is 12.6. The van der Waals surface area contributed by atoms with Gasteiger partial charge in [0.2, 0.25) is 0 Å². The van der Waals surface area contributed by atoms with E-state index in [0.717, 1.165) is 12.1 Å². The van der Waals surface area contributed by atoms with Gasteiger partial charge < -0.3 is 15.7 Å². The fourth-order valence-corrected chi connectivity index (χ4v) is 1.16. The van der Waals surface area contributed by atoms with Gasteiger partial charge >= 0.3 is 12.0 Å². The van der Waals surface area contributed by atoms with Crippen molar-refractivity contribution in [3.05, 3.63) is 29.3 Å². The Bertz CT molecular complexity index is 491. The molecule has 3 N–H and O–H groups in total. The van der Waals surface area contributed by atoms with Crippen LogP contribution in [0.5, 0.6) is 0 Å². The van der Waals surface area contributed by atoms with E-state index in [9.17, 15) is 18.4 Å². The molecule has 0 saturated carbocycles. The minimum Gasteiger partial charge on any atom is -0.480 e. The molecule has 0 aliphatic carbocycles. The summed E-state index contributed by atoms with van der Waals surface area (Å²) >= 11 is 0. The number of aliphatic carboxylic acids is 1. The highest BCUT2D eigenvalue weighted by molar-refractivity contribution is 5.92. The first kappa shape index (κ1) is 13.9. The van der Waals surface area contributed by atoms with Crippen LogP contribution in [-0.4, -0.2) is 23.1 Å². The third-order valence-corrected chi connectivity index (χ3v) is 2.21. The van der Waals surface area contributed by atoms with Crippen LogP contribution in [-0.2, 0) is 4.79 Å². The maximum atomic E-state index is 13.4. The number of rotatable bonds is 3. The van der Waals surface area contributed by atoms with Crippen LogP contribution in [0.3, 0.4) is 0 Å². The first-order valence-electron chi connectivity index (χ1n) is 5.07. The Hall–Kier alpha value is -2.18. The molecule has 0 fully saturated rings. The Morgan fingerprint density at radius 2 is 1.89 bits per heavy atom. The van der Waals surface area contributed by atoms with Crippen LogP contribution in [0.15, 0.2) is 12.1 Å². The van der Waals surface area contributed by atoms with Crippen LogP contribution < -0.4 is 10.6 Å². The summed E-state index contributed by atoms with van der Waals surface area (Å²) in [5.74, 6) is -2.70. The van der Waals surface area contributed by atoms with E-state index >= 15 is 0 Å². The smallest absolute Gasteiger partial charge is 0.325 e. The molecule has 0 aliphatic heterocycles. The molecular formula is C11H12F2N2O3. The molecule has 0 bridgehead atoms. The van der Waals surface area contributed by atoms with Crippen LogP contribution in [0.25, 0.3) is 0 Å². The maximum absolute atomic E-state index is 13.4. The van der Waals surface area contributed by atoms with Crippen molar-refractivity contribution in [3.63, 3.8) is 0 Å². The number of amides is 2. The van der Waals surface area contributed by atoms with Gasteiger partial charge in [-0.25, -0.2) is 13.6 Å². The summed E-state index contributed by atoms with van der Waals surface area (Å²) in [6, 6.07) is -0.295. The molecule has 0 aliphatic rings. The van der Waals surface area contributed by atoms with Crippen LogP contribution in [0.4, 0.5) is 19.3 Å². The molecule has 0 heterocycles. The molecule has 1 aromatic carbocycles. The molecule has 0 spiro atoms. The number of hydrogen-bond acceptors (Lipinski definition) is 2. The fraction of sp³-hybridized carbons (Fsp3) is 0.273. The molecule has 7 heteroatoms. The number of carbonyl (C=O) groups is 2. The molecule has 0 radical (unpaired) electrons. The normalized spacial score (nSPS) is 11.8. The summed E-state index contributed by atoms with van der Waals surface area (Å²) in [4.78, 5) is 21.8. The molecule has 1 aromatic rings. The van der Waals surface area contributed by atoms with E-state index in [-0.39, 0.29) is 11.3 Å². The molecule has 18 heavy (non-hydrogen) atoms. The van der Waals surface area contributed by atoms with Gasteiger partial charge in [-0.2, -0.15) is 0 Å². The highest BCUT2D eigenvalue weighted by Gasteiger charge is 2.15.